The molecule has 0 saturated heterocycles. The molecule has 1 heterocycles. The minimum Gasteiger partial charge on any atom is -0.452 e. The molecule has 0 radical (unpaired) electrons. The van der Waals surface area contributed by atoms with Gasteiger partial charge in [0.2, 0.25) is 0 Å². The number of carbonyl (C=O) groups is 4. The van der Waals surface area contributed by atoms with Gasteiger partial charge in [-0.15, -0.1) is 0 Å². The molecule has 0 atom stereocenters. The van der Waals surface area contributed by atoms with Crippen molar-refractivity contribution in [3.8, 4) is 0 Å². The monoisotopic (exact) mass is 388 g/mol. The van der Waals surface area contributed by atoms with Crippen LogP contribution in [-0.4, -0.2) is 48.3 Å². The van der Waals surface area contributed by atoms with E-state index in [1.54, 1.807) is 0 Å². The number of rotatable bonds is 9. The molecule has 2 rings (SSSR count). The van der Waals surface area contributed by atoms with Crippen LogP contribution < -0.4 is 5.32 Å². The van der Waals surface area contributed by atoms with Crippen LogP contribution in [0, 0.1) is 11.8 Å². The van der Waals surface area contributed by atoms with Crippen LogP contribution in [0.25, 0.3) is 0 Å². The quantitative estimate of drug-likeness (QED) is 0.519. The Balaban J connectivity index is 1.97. The Morgan fingerprint density at radius 2 is 1.64 bits per heavy atom. The van der Waals surface area contributed by atoms with E-state index in [9.17, 15) is 19.2 Å². The SMILES string of the molecule is CC(C)CCNC(=O)COC(=O)c1ccc2c(c1)C(=O)N(CCC(C)C)C2=O. The summed E-state index contributed by atoms with van der Waals surface area (Å²) in [6.07, 6.45) is 1.56. The number of imide groups is 1. The summed E-state index contributed by atoms with van der Waals surface area (Å²) in [5, 5.41) is 2.68. The summed E-state index contributed by atoms with van der Waals surface area (Å²) in [5.74, 6) is -0.994. The van der Waals surface area contributed by atoms with Crippen LogP contribution in [-0.2, 0) is 9.53 Å². The summed E-state index contributed by atoms with van der Waals surface area (Å²) in [4.78, 5) is 50.1. The van der Waals surface area contributed by atoms with Gasteiger partial charge in [0.15, 0.2) is 6.61 Å². The number of ether oxygens (including phenoxy) is 1. The molecule has 3 amide bonds. The van der Waals surface area contributed by atoms with Crippen molar-refractivity contribution in [1.29, 1.82) is 0 Å². The lowest BCUT2D eigenvalue weighted by Crippen LogP contribution is -2.31. The molecular formula is C21H28N2O5. The zero-order valence-corrected chi connectivity index (χ0v) is 16.9. The van der Waals surface area contributed by atoms with Gasteiger partial charge in [0.05, 0.1) is 16.7 Å². The number of benzene rings is 1. The molecule has 1 aliphatic rings. The molecule has 28 heavy (non-hydrogen) atoms. The Bertz CT molecular complexity index is 770. The van der Waals surface area contributed by atoms with Gasteiger partial charge in [-0.1, -0.05) is 27.7 Å². The number of fused-ring (bicyclic) bond motifs is 1. The summed E-state index contributed by atoms with van der Waals surface area (Å²) in [5.41, 5.74) is 0.627. The molecule has 152 valence electrons. The van der Waals surface area contributed by atoms with Crippen molar-refractivity contribution >= 4 is 23.7 Å². The second kappa shape index (κ2) is 9.48. The third-order valence-corrected chi connectivity index (χ3v) is 4.51. The number of nitrogens with zero attached hydrogens (tertiary/aromatic N) is 1. The Hall–Kier alpha value is -2.70. The number of hydrogen-bond donors (Lipinski definition) is 1. The molecule has 1 N–H and O–H groups in total. The lowest BCUT2D eigenvalue weighted by Gasteiger charge is -2.14. The van der Waals surface area contributed by atoms with Gasteiger partial charge in [0, 0.05) is 13.1 Å². The van der Waals surface area contributed by atoms with E-state index < -0.39 is 11.9 Å². The molecular weight excluding hydrogens is 360 g/mol. The first-order chi connectivity index (χ1) is 13.2. The Morgan fingerprint density at radius 3 is 2.29 bits per heavy atom. The molecule has 0 spiro atoms. The van der Waals surface area contributed by atoms with Crippen molar-refractivity contribution in [2.45, 2.75) is 40.5 Å². The van der Waals surface area contributed by atoms with Crippen LogP contribution >= 0.6 is 0 Å². The minimum atomic E-state index is -0.706. The fourth-order valence-corrected chi connectivity index (χ4v) is 2.77. The topological polar surface area (TPSA) is 92.8 Å². The van der Waals surface area contributed by atoms with Gasteiger partial charge in [-0.25, -0.2) is 4.79 Å². The maximum atomic E-state index is 12.5. The van der Waals surface area contributed by atoms with Crippen LogP contribution in [0.4, 0.5) is 0 Å². The smallest absolute Gasteiger partial charge is 0.338 e. The van der Waals surface area contributed by atoms with E-state index in [4.69, 9.17) is 4.74 Å². The fourth-order valence-electron chi connectivity index (χ4n) is 2.77. The predicted molar refractivity (Wildman–Crippen MR) is 104 cm³/mol. The predicted octanol–water partition coefficient (Wildman–Crippen LogP) is 2.65. The molecule has 7 nitrogen and oxygen atoms in total. The molecule has 0 bridgehead atoms. The first kappa shape index (κ1) is 21.6. The van der Waals surface area contributed by atoms with E-state index in [-0.39, 0.29) is 35.1 Å². The van der Waals surface area contributed by atoms with Crippen molar-refractivity contribution in [1.82, 2.24) is 10.2 Å². The molecule has 1 aliphatic heterocycles. The van der Waals surface area contributed by atoms with Gasteiger partial charge in [0.25, 0.3) is 17.7 Å². The summed E-state index contributed by atoms with van der Waals surface area (Å²) >= 11 is 0. The molecule has 1 aromatic rings. The van der Waals surface area contributed by atoms with Crippen molar-refractivity contribution < 1.29 is 23.9 Å². The molecule has 1 aromatic carbocycles. The van der Waals surface area contributed by atoms with Gasteiger partial charge in [0.1, 0.15) is 0 Å². The average Bonchev–Trinajstić information content (AvgIpc) is 2.87. The van der Waals surface area contributed by atoms with Crippen LogP contribution in [0.3, 0.4) is 0 Å². The Kier molecular flexibility index (Phi) is 7.31. The fraction of sp³-hybridized carbons (Fsp3) is 0.524. The molecule has 0 unspecified atom stereocenters. The first-order valence-electron chi connectivity index (χ1n) is 9.64. The highest BCUT2D eigenvalue weighted by Crippen LogP contribution is 2.25. The highest BCUT2D eigenvalue weighted by Gasteiger charge is 2.35. The highest BCUT2D eigenvalue weighted by atomic mass is 16.5. The normalized spacial score (nSPS) is 13.3. The minimum absolute atomic E-state index is 0.139. The number of esters is 1. The molecule has 0 fully saturated rings. The van der Waals surface area contributed by atoms with Gasteiger partial charge >= 0.3 is 5.97 Å². The second-order valence-corrected chi connectivity index (χ2v) is 7.81. The largest absolute Gasteiger partial charge is 0.452 e. The summed E-state index contributed by atoms with van der Waals surface area (Å²) in [6, 6.07) is 4.27. The molecule has 0 aromatic heterocycles. The summed E-state index contributed by atoms with van der Waals surface area (Å²) in [6.45, 7) is 8.63. The van der Waals surface area contributed by atoms with Crippen molar-refractivity contribution in [2.75, 3.05) is 19.7 Å². The van der Waals surface area contributed by atoms with Crippen molar-refractivity contribution in [2.24, 2.45) is 11.8 Å². The third-order valence-electron chi connectivity index (χ3n) is 4.51. The van der Waals surface area contributed by atoms with Gasteiger partial charge in [-0.05, 0) is 42.9 Å². The maximum Gasteiger partial charge on any atom is 0.338 e. The van der Waals surface area contributed by atoms with E-state index in [0.29, 0.717) is 31.3 Å². The maximum absolute atomic E-state index is 12.5. The lowest BCUT2D eigenvalue weighted by molar-refractivity contribution is -0.124. The second-order valence-electron chi connectivity index (χ2n) is 7.81. The molecule has 0 saturated carbocycles. The van der Waals surface area contributed by atoms with Crippen LogP contribution in [0.5, 0.6) is 0 Å². The van der Waals surface area contributed by atoms with E-state index in [2.05, 4.69) is 19.2 Å². The van der Waals surface area contributed by atoms with E-state index in [1.807, 2.05) is 13.8 Å². The molecule has 0 aliphatic carbocycles. The van der Waals surface area contributed by atoms with Crippen molar-refractivity contribution in [3.05, 3.63) is 34.9 Å². The number of nitrogens with one attached hydrogen (secondary N) is 1. The van der Waals surface area contributed by atoms with Crippen LogP contribution in [0.15, 0.2) is 18.2 Å². The average molecular weight is 388 g/mol. The van der Waals surface area contributed by atoms with E-state index in [0.717, 1.165) is 6.42 Å². The Morgan fingerprint density at radius 1 is 1.00 bits per heavy atom. The van der Waals surface area contributed by atoms with Gasteiger partial charge < -0.3 is 10.1 Å². The molecule has 7 heteroatoms. The van der Waals surface area contributed by atoms with Gasteiger partial charge in [-0.2, -0.15) is 0 Å². The zero-order valence-electron chi connectivity index (χ0n) is 16.9. The van der Waals surface area contributed by atoms with Crippen LogP contribution in [0.2, 0.25) is 0 Å². The number of hydrogen-bond acceptors (Lipinski definition) is 5. The Labute approximate surface area is 165 Å². The standard InChI is InChI=1S/C21H28N2O5/c1-13(2)7-9-22-18(24)12-28-21(27)15-5-6-16-17(11-15)20(26)23(19(16)25)10-8-14(3)4/h5-6,11,13-14H,7-10,12H2,1-4H3,(H,22,24). The van der Waals surface area contributed by atoms with Gasteiger partial charge in [-0.3, -0.25) is 19.3 Å². The summed E-state index contributed by atoms with van der Waals surface area (Å²) < 4.78 is 5.01. The van der Waals surface area contributed by atoms with Crippen LogP contribution in [0.1, 0.15) is 71.6 Å². The lowest BCUT2D eigenvalue weighted by atomic mass is 10.1. The first-order valence-corrected chi connectivity index (χ1v) is 9.64. The third kappa shape index (κ3) is 5.41. The van der Waals surface area contributed by atoms with Crippen molar-refractivity contribution in [3.63, 3.8) is 0 Å². The zero-order chi connectivity index (χ0) is 20.8. The van der Waals surface area contributed by atoms with E-state index in [1.165, 1.54) is 23.1 Å². The van der Waals surface area contributed by atoms with E-state index >= 15 is 0 Å². The number of amides is 3. The highest BCUT2D eigenvalue weighted by molar-refractivity contribution is 6.21. The summed E-state index contributed by atoms with van der Waals surface area (Å²) in [7, 11) is 0. The number of carbonyl (C=O) groups excluding carboxylic acids is 4.